The van der Waals surface area contributed by atoms with Gasteiger partial charge in [0, 0.05) is 6.61 Å². The van der Waals surface area contributed by atoms with Gasteiger partial charge in [-0.2, -0.15) is 0 Å². The smallest absolute Gasteiger partial charge is 0.343 e. The van der Waals surface area contributed by atoms with Crippen molar-refractivity contribution < 1.29 is 19.0 Å². The molecule has 174 valence electrons. The van der Waals surface area contributed by atoms with Crippen molar-refractivity contribution in [2.75, 3.05) is 13.2 Å². The predicted octanol–water partition coefficient (Wildman–Crippen LogP) is 7.63. The van der Waals surface area contributed by atoms with E-state index in [0.29, 0.717) is 11.3 Å². The molecule has 0 N–H and O–H groups in total. The average Bonchev–Trinajstić information content (AvgIpc) is 2.85. The van der Waals surface area contributed by atoms with E-state index in [2.05, 4.69) is 13.8 Å². The van der Waals surface area contributed by atoms with Crippen molar-refractivity contribution in [3.05, 3.63) is 83.9 Å². The first-order valence-corrected chi connectivity index (χ1v) is 11.9. The lowest BCUT2D eigenvalue weighted by molar-refractivity contribution is 0.0636. The fourth-order valence-corrected chi connectivity index (χ4v) is 3.35. The molecule has 0 fully saturated rings. The Kier molecular flexibility index (Phi) is 9.52. The Balaban J connectivity index is 1.55. The number of esters is 1. The third-order valence-corrected chi connectivity index (χ3v) is 5.50. The van der Waals surface area contributed by atoms with Crippen LogP contribution in [0.5, 0.6) is 11.5 Å². The summed E-state index contributed by atoms with van der Waals surface area (Å²) in [5.74, 6) is 1.02. The van der Waals surface area contributed by atoms with Gasteiger partial charge >= 0.3 is 5.97 Å². The molecule has 33 heavy (non-hydrogen) atoms. The normalized spacial score (nSPS) is 11.7. The van der Waals surface area contributed by atoms with Gasteiger partial charge in [0.2, 0.25) is 0 Å². The van der Waals surface area contributed by atoms with Crippen molar-refractivity contribution in [3.63, 3.8) is 0 Å². The molecule has 3 aromatic carbocycles. The number of hydrogen-bond acceptors (Lipinski definition) is 4. The standard InChI is InChI=1S/C29H34O4/c1-4-6-20-31-22(3)23-12-18-28(19-13-23)33-29(30)26-10-8-24(9-11-26)25-14-16-27(17-15-25)32-21-7-5-2/h8-19,22H,4-7,20-21H2,1-3H3. The zero-order chi connectivity index (χ0) is 23.5. The van der Waals surface area contributed by atoms with Gasteiger partial charge in [0.15, 0.2) is 0 Å². The summed E-state index contributed by atoms with van der Waals surface area (Å²) in [5, 5.41) is 0. The second kappa shape index (κ2) is 12.8. The monoisotopic (exact) mass is 446 g/mol. The second-order valence-corrected chi connectivity index (χ2v) is 8.13. The minimum absolute atomic E-state index is 0.0193. The van der Waals surface area contributed by atoms with Crippen molar-refractivity contribution in [2.24, 2.45) is 0 Å². The molecular formula is C29H34O4. The molecule has 0 saturated carbocycles. The quantitative estimate of drug-likeness (QED) is 0.163. The summed E-state index contributed by atoms with van der Waals surface area (Å²) in [6, 6.07) is 23.0. The Hall–Kier alpha value is -3.11. The summed E-state index contributed by atoms with van der Waals surface area (Å²) in [6.07, 6.45) is 4.35. The molecule has 0 spiro atoms. The Morgan fingerprint density at radius 1 is 0.727 bits per heavy atom. The summed E-state index contributed by atoms with van der Waals surface area (Å²) >= 11 is 0. The Bertz CT molecular complexity index is 976. The molecule has 4 nitrogen and oxygen atoms in total. The van der Waals surface area contributed by atoms with Gasteiger partial charge in [0.05, 0.1) is 18.3 Å². The maximum absolute atomic E-state index is 12.6. The van der Waals surface area contributed by atoms with E-state index in [1.165, 1.54) is 0 Å². The molecule has 0 aliphatic heterocycles. The Labute approximate surface area is 197 Å². The highest BCUT2D eigenvalue weighted by Crippen LogP contribution is 2.24. The maximum Gasteiger partial charge on any atom is 0.343 e. The van der Waals surface area contributed by atoms with Gasteiger partial charge < -0.3 is 14.2 Å². The predicted molar refractivity (Wildman–Crippen MR) is 133 cm³/mol. The molecule has 0 radical (unpaired) electrons. The molecule has 0 heterocycles. The van der Waals surface area contributed by atoms with Crippen LogP contribution in [0.25, 0.3) is 11.1 Å². The van der Waals surface area contributed by atoms with Crippen LogP contribution in [0, 0.1) is 0 Å². The molecule has 3 rings (SSSR count). The third-order valence-electron chi connectivity index (χ3n) is 5.50. The van der Waals surface area contributed by atoms with Crippen LogP contribution in [0.2, 0.25) is 0 Å². The molecular weight excluding hydrogens is 412 g/mol. The largest absolute Gasteiger partial charge is 0.494 e. The lowest BCUT2D eigenvalue weighted by Gasteiger charge is -2.13. The first-order chi connectivity index (χ1) is 16.1. The minimum atomic E-state index is -0.374. The zero-order valence-corrected chi connectivity index (χ0v) is 19.9. The molecule has 1 atom stereocenters. The summed E-state index contributed by atoms with van der Waals surface area (Å²) in [6.45, 7) is 7.81. The molecule has 0 aliphatic rings. The van der Waals surface area contributed by atoms with E-state index >= 15 is 0 Å². The highest BCUT2D eigenvalue weighted by molar-refractivity contribution is 5.91. The lowest BCUT2D eigenvalue weighted by Crippen LogP contribution is -2.08. The summed E-state index contributed by atoms with van der Waals surface area (Å²) < 4.78 is 17.1. The number of rotatable bonds is 12. The van der Waals surface area contributed by atoms with Gasteiger partial charge in [-0.3, -0.25) is 0 Å². The molecule has 1 unspecified atom stereocenters. The highest BCUT2D eigenvalue weighted by Gasteiger charge is 2.11. The van der Waals surface area contributed by atoms with Crippen LogP contribution in [0.15, 0.2) is 72.8 Å². The van der Waals surface area contributed by atoms with Crippen molar-refractivity contribution in [1.29, 1.82) is 0 Å². The Morgan fingerprint density at radius 3 is 1.88 bits per heavy atom. The molecule has 4 heteroatoms. The van der Waals surface area contributed by atoms with Gasteiger partial charge in [-0.1, -0.05) is 63.1 Å². The van der Waals surface area contributed by atoms with Gasteiger partial charge in [-0.15, -0.1) is 0 Å². The van der Waals surface area contributed by atoms with Crippen LogP contribution in [-0.4, -0.2) is 19.2 Å². The summed E-state index contributed by atoms with van der Waals surface area (Å²) in [5.41, 5.74) is 3.69. The number of ether oxygens (including phenoxy) is 3. The van der Waals surface area contributed by atoms with Crippen LogP contribution in [0.1, 0.15) is 68.5 Å². The fourth-order valence-electron chi connectivity index (χ4n) is 3.35. The maximum atomic E-state index is 12.6. The molecule has 0 aromatic heterocycles. The number of carbonyl (C=O) groups excluding carboxylic acids is 1. The van der Waals surface area contributed by atoms with E-state index in [9.17, 15) is 4.79 Å². The van der Waals surface area contributed by atoms with E-state index in [4.69, 9.17) is 14.2 Å². The Morgan fingerprint density at radius 2 is 1.27 bits per heavy atom. The van der Waals surface area contributed by atoms with Crippen LogP contribution in [-0.2, 0) is 4.74 Å². The third kappa shape index (κ3) is 7.47. The van der Waals surface area contributed by atoms with Gasteiger partial charge in [-0.05, 0) is 72.9 Å². The minimum Gasteiger partial charge on any atom is -0.494 e. The van der Waals surface area contributed by atoms with Crippen LogP contribution >= 0.6 is 0 Å². The number of unbranched alkanes of at least 4 members (excludes halogenated alkanes) is 2. The SMILES string of the molecule is CCCCOc1ccc(-c2ccc(C(=O)Oc3ccc(C(C)OCCCC)cc3)cc2)cc1. The van der Waals surface area contributed by atoms with E-state index < -0.39 is 0 Å². The number of benzene rings is 3. The topological polar surface area (TPSA) is 44.8 Å². The van der Waals surface area contributed by atoms with Gasteiger partial charge in [0.25, 0.3) is 0 Å². The van der Waals surface area contributed by atoms with Crippen molar-refractivity contribution in [3.8, 4) is 22.6 Å². The van der Waals surface area contributed by atoms with E-state index in [-0.39, 0.29) is 12.1 Å². The fraction of sp³-hybridized carbons (Fsp3) is 0.345. The number of carbonyl (C=O) groups is 1. The summed E-state index contributed by atoms with van der Waals surface area (Å²) in [7, 11) is 0. The summed E-state index contributed by atoms with van der Waals surface area (Å²) in [4.78, 5) is 12.6. The van der Waals surface area contributed by atoms with E-state index in [1.807, 2.05) is 67.6 Å². The van der Waals surface area contributed by atoms with Crippen LogP contribution in [0.3, 0.4) is 0 Å². The molecule has 0 saturated heterocycles. The molecule has 0 aliphatic carbocycles. The first kappa shape index (κ1) is 24.5. The molecule has 0 amide bonds. The van der Waals surface area contributed by atoms with Crippen LogP contribution in [0.4, 0.5) is 0 Å². The average molecular weight is 447 g/mol. The van der Waals surface area contributed by atoms with Gasteiger partial charge in [-0.25, -0.2) is 4.79 Å². The van der Waals surface area contributed by atoms with Gasteiger partial charge in [0.1, 0.15) is 11.5 Å². The van der Waals surface area contributed by atoms with Crippen LogP contribution < -0.4 is 9.47 Å². The second-order valence-electron chi connectivity index (χ2n) is 8.13. The van der Waals surface area contributed by atoms with E-state index in [0.717, 1.165) is 61.3 Å². The van der Waals surface area contributed by atoms with Crippen molar-refractivity contribution in [1.82, 2.24) is 0 Å². The molecule has 3 aromatic rings. The zero-order valence-electron chi connectivity index (χ0n) is 19.9. The lowest BCUT2D eigenvalue weighted by atomic mass is 10.0. The van der Waals surface area contributed by atoms with Crippen molar-refractivity contribution in [2.45, 2.75) is 52.6 Å². The molecule has 0 bridgehead atoms. The highest BCUT2D eigenvalue weighted by atomic mass is 16.5. The van der Waals surface area contributed by atoms with E-state index in [1.54, 1.807) is 12.1 Å². The number of hydrogen-bond donors (Lipinski definition) is 0. The van der Waals surface area contributed by atoms with Crippen molar-refractivity contribution >= 4 is 5.97 Å². The first-order valence-electron chi connectivity index (χ1n) is 11.9.